The van der Waals surface area contributed by atoms with Crippen molar-refractivity contribution in [2.75, 3.05) is 31.6 Å². The van der Waals surface area contributed by atoms with Gasteiger partial charge in [0, 0.05) is 6.42 Å². The van der Waals surface area contributed by atoms with Crippen molar-refractivity contribution in [3.8, 4) is 11.5 Å². The Kier molecular flexibility index (Phi) is 12.9. The first kappa shape index (κ1) is 34.8. The molecule has 0 heterocycles. The maximum absolute atomic E-state index is 14.4. The van der Waals surface area contributed by atoms with Gasteiger partial charge in [-0.15, -0.1) is 0 Å². The van der Waals surface area contributed by atoms with E-state index in [-0.39, 0.29) is 11.5 Å². The van der Waals surface area contributed by atoms with Gasteiger partial charge in [-0.25, -0.2) is 17.2 Å². The molecule has 240 valence electrons. The van der Waals surface area contributed by atoms with Crippen molar-refractivity contribution in [1.82, 2.24) is 4.90 Å². The fourth-order valence-electron chi connectivity index (χ4n) is 5.61. The molecule has 5 nitrogen and oxygen atoms in total. The number of rotatable bonds is 16. The van der Waals surface area contributed by atoms with E-state index in [4.69, 9.17) is 0 Å². The predicted octanol–water partition coefficient (Wildman–Crippen LogP) is 8.04. The largest absolute Gasteiger partial charge is 0.505 e. The van der Waals surface area contributed by atoms with E-state index in [0.29, 0.717) is 44.2 Å². The number of sulfone groups is 1. The molecule has 3 rings (SSSR count). The van der Waals surface area contributed by atoms with Crippen LogP contribution < -0.4 is 0 Å². The van der Waals surface area contributed by atoms with Gasteiger partial charge < -0.3 is 15.1 Å². The molecule has 0 atom stereocenters. The van der Waals surface area contributed by atoms with Crippen molar-refractivity contribution in [2.45, 2.75) is 83.2 Å². The molecule has 2 aromatic rings. The molecule has 11 heteroatoms. The monoisotopic (exact) mass is 631 g/mol. The molecule has 0 spiro atoms. The van der Waals surface area contributed by atoms with E-state index in [1.807, 2.05) is 7.05 Å². The van der Waals surface area contributed by atoms with E-state index in [1.54, 1.807) is 6.07 Å². The minimum Gasteiger partial charge on any atom is -0.505 e. The highest BCUT2D eigenvalue weighted by atomic mass is 32.2. The predicted molar refractivity (Wildman–Crippen MR) is 160 cm³/mol. The van der Waals surface area contributed by atoms with Gasteiger partial charge in [0.05, 0.1) is 11.5 Å². The first-order valence-electron chi connectivity index (χ1n) is 14.9. The topological polar surface area (TPSA) is 77.8 Å². The Morgan fingerprint density at radius 2 is 1.47 bits per heavy atom. The molecule has 43 heavy (non-hydrogen) atoms. The third kappa shape index (κ3) is 11.4. The number of unbranched alkanes of at least 4 members (excludes halogenated alkanes) is 4. The smallest absolute Gasteiger partial charge is 0.389 e. The number of hydrogen-bond acceptors (Lipinski definition) is 5. The van der Waals surface area contributed by atoms with Gasteiger partial charge in [0.25, 0.3) is 0 Å². The van der Waals surface area contributed by atoms with Crippen LogP contribution in [0.25, 0.3) is 11.1 Å². The Hall–Kier alpha value is -2.66. The molecule has 0 aliphatic heterocycles. The van der Waals surface area contributed by atoms with Gasteiger partial charge in [0.15, 0.2) is 23.1 Å². The minimum atomic E-state index is -4.34. The van der Waals surface area contributed by atoms with Crippen LogP contribution in [0.2, 0.25) is 0 Å². The number of hydrogen-bond donors (Lipinski definition) is 2. The van der Waals surface area contributed by atoms with E-state index >= 15 is 0 Å². The molecular formula is C32H42F5NO4S. The summed E-state index contributed by atoms with van der Waals surface area (Å²) in [6.45, 7) is 1.53. The molecule has 2 aromatic carbocycles. The maximum atomic E-state index is 14.4. The minimum absolute atomic E-state index is 0.0965. The third-order valence-corrected chi connectivity index (χ3v) is 9.73. The molecule has 0 bridgehead atoms. The zero-order valence-electron chi connectivity index (χ0n) is 24.7. The van der Waals surface area contributed by atoms with Gasteiger partial charge in [-0.1, -0.05) is 18.9 Å². The second-order valence-corrected chi connectivity index (χ2v) is 13.8. The van der Waals surface area contributed by atoms with Crippen molar-refractivity contribution in [1.29, 1.82) is 0 Å². The lowest BCUT2D eigenvalue weighted by molar-refractivity contribution is -0.134. The Morgan fingerprint density at radius 1 is 0.814 bits per heavy atom. The first-order chi connectivity index (χ1) is 20.3. The van der Waals surface area contributed by atoms with Crippen LogP contribution in [0, 0.1) is 11.6 Å². The third-order valence-electron chi connectivity index (χ3n) is 7.91. The van der Waals surface area contributed by atoms with Crippen LogP contribution in [-0.4, -0.2) is 61.3 Å². The molecule has 0 radical (unpaired) electrons. The summed E-state index contributed by atoms with van der Waals surface area (Å²) in [7, 11) is -1.52. The number of phenolic OH excluding ortho intramolecular Hbond substituents is 2. The average Bonchev–Trinajstić information content (AvgIpc) is 3.08. The van der Waals surface area contributed by atoms with Crippen LogP contribution >= 0.6 is 0 Å². The van der Waals surface area contributed by atoms with Crippen LogP contribution in [0.15, 0.2) is 30.3 Å². The second kappa shape index (κ2) is 15.9. The van der Waals surface area contributed by atoms with Crippen LogP contribution in [0.4, 0.5) is 22.0 Å². The zero-order chi connectivity index (χ0) is 31.6. The molecule has 0 saturated heterocycles. The van der Waals surface area contributed by atoms with Crippen molar-refractivity contribution < 1.29 is 40.6 Å². The molecule has 0 aromatic heterocycles. The van der Waals surface area contributed by atoms with Gasteiger partial charge >= 0.3 is 6.18 Å². The SMILES string of the molecule is CN(CCCCCCC1=C(c2ccc(F)c(O)c2)CCCc2cc(O)c(F)cc21)CCCCS(=O)(=O)CCCC(F)(F)F. The van der Waals surface area contributed by atoms with Crippen LogP contribution in [0.3, 0.4) is 0 Å². The van der Waals surface area contributed by atoms with E-state index in [9.17, 15) is 40.6 Å². The highest BCUT2D eigenvalue weighted by molar-refractivity contribution is 7.91. The number of allylic oxidation sites excluding steroid dienone is 2. The number of phenols is 2. The number of halogens is 5. The number of fused-ring (bicyclic) bond motifs is 1. The van der Waals surface area contributed by atoms with Gasteiger partial charge in [0.1, 0.15) is 9.84 Å². The van der Waals surface area contributed by atoms with Gasteiger partial charge in [0.2, 0.25) is 0 Å². The quantitative estimate of drug-likeness (QED) is 0.145. The highest BCUT2D eigenvalue weighted by Gasteiger charge is 2.27. The van der Waals surface area contributed by atoms with Crippen LogP contribution in [-0.2, 0) is 16.3 Å². The molecule has 0 unspecified atom stereocenters. The van der Waals surface area contributed by atoms with E-state index < -0.39 is 52.0 Å². The van der Waals surface area contributed by atoms with Gasteiger partial charge in [-0.2, -0.15) is 13.2 Å². The van der Waals surface area contributed by atoms with Crippen LogP contribution in [0.1, 0.15) is 87.3 Å². The summed E-state index contributed by atoms with van der Waals surface area (Å²) in [4.78, 5) is 2.12. The van der Waals surface area contributed by atoms with E-state index in [2.05, 4.69) is 4.90 Å². The summed E-state index contributed by atoms with van der Waals surface area (Å²) in [5.41, 5.74) is 4.20. The number of aromatic hydroxyl groups is 2. The normalized spacial score (nSPS) is 14.3. The number of benzene rings is 2. The summed E-state index contributed by atoms with van der Waals surface area (Å²) in [5, 5.41) is 19.9. The van der Waals surface area contributed by atoms with Gasteiger partial charge in [-0.3, -0.25) is 0 Å². The number of aryl methyl sites for hydroxylation is 1. The number of alkyl halides is 3. The number of nitrogens with zero attached hydrogens (tertiary/aromatic N) is 1. The Bertz CT molecular complexity index is 1360. The maximum Gasteiger partial charge on any atom is 0.389 e. The average molecular weight is 632 g/mol. The molecule has 1 aliphatic carbocycles. The fourth-order valence-corrected chi connectivity index (χ4v) is 7.05. The summed E-state index contributed by atoms with van der Waals surface area (Å²) < 4.78 is 88.8. The lowest BCUT2D eigenvalue weighted by Crippen LogP contribution is -2.22. The van der Waals surface area contributed by atoms with Crippen molar-refractivity contribution >= 4 is 21.0 Å². The Morgan fingerprint density at radius 3 is 2.16 bits per heavy atom. The Labute approximate surface area is 251 Å². The van der Waals surface area contributed by atoms with E-state index in [0.717, 1.165) is 60.9 Å². The molecule has 1 aliphatic rings. The van der Waals surface area contributed by atoms with Gasteiger partial charge in [-0.05, 0) is 130 Å². The first-order valence-corrected chi connectivity index (χ1v) is 16.8. The summed E-state index contributed by atoms with van der Waals surface area (Å²) >= 11 is 0. The van der Waals surface area contributed by atoms with Crippen molar-refractivity contribution in [2.24, 2.45) is 0 Å². The lowest BCUT2D eigenvalue weighted by atomic mass is 9.88. The highest BCUT2D eigenvalue weighted by Crippen LogP contribution is 2.41. The summed E-state index contributed by atoms with van der Waals surface area (Å²) in [5.74, 6) is -2.74. The fraction of sp³-hybridized carbons (Fsp3) is 0.562. The molecule has 0 amide bonds. The molecule has 0 fully saturated rings. The van der Waals surface area contributed by atoms with E-state index in [1.165, 1.54) is 24.3 Å². The van der Waals surface area contributed by atoms with Crippen LogP contribution in [0.5, 0.6) is 11.5 Å². The molecule has 0 saturated carbocycles. The standard InChI is InChI=1S/C32H42F5NO4S/c1-38(17-6-7-18-43(41,42)19-9-15-32(35,36)37)16-5-3-2-4-11-26-25(24-13-14-28(33)30(39)21-24)12-8-10-23-20-31(40)29(34)22-27(23)26/h13-14,20-22,39-40H,2-12,15-19H2,1H3. The lowest BCUT2D eigenvalue weighted by Gasteiger charge is -2.18. The second-order valence-electron chi connectivity index (χ2n) is 11.5. The van der Waals surface area contributed by atoms with Crippen molar-refractivity contribution in [3.63, 3.8) is 0 Å². The zero-order valence-corrected chi connectivity index (χ0v) is 25.5. The Balaban J connectivity index is 1.48. The van der Waals surface area contributed by atoms with Crippen molar-refractivity contribution in [3.05, 3.63) is 58.7 Å². The molecule has 2 N–H and O–H groups in total. The molecular weight excluding hydrogens is 589 g/mol. The summed E-state index contributed by atoms with van der Waals surface area (Å²) in [6, 6.07) is 7.12. The summed E-state index contributed by atoms with van der Waals surface area (Å²) in [6.07, 6.45) is 1.68.